The second-order valence-electron chi connectivity index (χ2n) is 6.00. The van der Waals surface area contributed by atoms with Crippen molar-refractivity contribution in [2.24, 2.45) is 5.92 Å². The minimum Gasteiger partial charge on any atom is -0.372 e. The first-order valence-electron chi connectivity index (χ1n) is 7.76. The van der Waals surface area contributed by atoms with Crippen molar-refractivity contribution in [2.75, 3.05) is 6.54 Å². The highest BCUT2D eigenvalue weighted by molar-refractivity contribution is 5.36. The summed E-state index contributed by atoms with van der Waals surface area (Å²) in [6.45, 7) is 7.34. The minimum atomic E-state index is 0.736. The smallest absolute Gasteiger partial charge is 0.0725 e. The second kappa shape index (κ2) is 5.64. The van der Waals surface area contributed by atoms with Crippen molar-refractivity contribution < 1.29 is 4.74 Å². The SMILES string of the molecule is CCCNC1CC(c2ccc3c(c2)COC3)C1CC. The maximum atomic E-state index is 5.52. The van der Waals surface area contributed by atoms with Gasteiger partial charge in [0.1, 0.15) is 0 Å². The zero-order valence-electron chi connectivity index (χ0n) is 12.1. The molecule has 0 radical (unpaired) electrons. The van der Waals surface area contributed by atoms with E-state index in [1.807, 2.05) is 0 Å². The molecule has 0 aromatic heterocycles. The van der Waals surface area contributed by atoms with Crippen LogP contribution in [0.2, 0.25) is 0 Å². The van der Waals surface area contributed by atoms with Crippen LogP contribution < -0.4 is 5.32 Å². The molecule has 19 heavy (non-hydrogen) atoms. The summed E-state index contributed by atoms with van der Waals surface area (Å²) in [5, 5.41) is 3.70. The summed E-state index contributed by atoms with van der Waals surface area (Å²) < 4.78 is 5.52. The van der Waals surface area contributed by atoms with Crippen LogP contribution in [0.4, 0.5) is 0 Å². The first-order chi connectivity index (χ1) is 9.33. The number of hydrogen-bond donors (Lipinski definition) is 1. The summed E-state index contributed by atoms with van der Waals surface area (Å²) in [4.78, 5) is 0. The fraction of sp³-hybridized carbons (Fsp3) is 0.647. The van der Waals surface area contributed by atoms with Gasteiger partial charge in [-0.3, -0.25) is 0 Å². The average Bonchev–Trinajstić information content (AvgIpc) is 2.85. The lowest BCUT2D eigenvalue weighted by atomic mass is 9.64. The maximum Gasteiger partial charge on any atom is 0.0725 e. The van der Waals surface area contributed by atoms with Gasteiger partial charge in [0.05, 0.1) is 13.2 Å². The molecule has 1 heterocycles. The van der Waals surface area contributed by atoms with Gasteiger partial charge in [0.25, 0.3) is 0 Å². The Kier molecular flexibility index (Phi) is 3.90. The Morgan fingerprint density at radius 1 is 1.21 bits per heavy atom. The summed E-state index contributed by atoms with van der Waals surface area (Å²) in [7, 11) is 0. The van der Waals surface area contributed by atoms with E-state index in [1.54, 1.807) is 0 Å². The third-order valence-electron chi connectivity index (χ3n) is 4.84. The molecule has 3 unspecified atom stereocenters. The molecule has 1 aliphatic carbocycles. The maximum absolute atomic E-state index is 5.52. The van der Waals surface area contributed by atoms with Gasteiger partial charge < -0.3 is 10.1 Å². The van der Waals surface area contributed by atoms with Gasteiger partial charge in [-0.2, -0.15) is 0 Å². The summed E-state index contributed by atoms with van der Waals surface area (Å²) in [5.41, 5.74) is 4.33. The molecular formula is C17H25NO. The third kappa shape index (κ3) is 2.44. The second-order valence-corrected chi connectivity index (χ2v) is 6.00. The fourth-order valence-corrected chi connectivity index (χ4v) is 3.65. The minimum absolute atomic E-state index is 0.736. The van der Waals surface area contributed by atoms with Gasteiger partial charge in [0.15, 0.2) is 0 Å². The van der Waals surface area contributed by atoms with E-state index >= 15 is 0 Å². The monoisotopic (exact) mass is 259 g/mol. The number of ether oxygens (including phenoxy) is 1. The van der Waals surface area contributed by atoms with Gasteiger partial charge in [-0.15, -0.1) is 0 Å². The fourth-order valence-electron chi connectivity index (χ4n) is 3.65. The Balaban J connectivity index is 1.69. The molecule has 1 aliphatic heterocycles. The third-order valence-corrected chi connectivity index (χ3v) is 4.84. The van der Waals surface area contributed by atoms with Crippen molar-refractivity contribution in [1.82, 2.24) is 5.32 Å². The first kappa shape index (κ1) is 13.1. The number of rotatable bonds is 5. The van der Waals surface area contributed by atoms with Gasteiger partial charge in [-0.1, -0.05) is 38.5 Å². The molecule has 1 aromatic carbocycles. The van der Waals surface area contributed by atoms with Crippen molar-refractivity contribution in [3.63, 3.8) is 0 Å². The molecule has 3 atom stereocenters. The predicted octanol–water partition coefficient (Wildman–Crippen LogP) is 3.60. The Morgan fingerprint density at radius 3 is 2.84 bits per heavy atom. The van der Waals surface area contributed by atoms with Gasteiger partial charge in [-0.25, -0.2) is 0 Å². The van der Waals surface area contributed by atoms with Crippen LogP contribution in [-0.2, 0) is 18.0 Å². The van der Waals surface area contributed by atoms with Crippen LogP contribution in [0.25, 0.3) is 0 Å². The van der Waals surface area contributed by atoms with Gasteiger partial charge in [0.2, 0.25) is 0 Å². The van der Waals surface area contributed by atoms with Crippen molar-refractivity contribution in [3.05, 3.63) is 34.9 Å². The van der Waals surface area contributed by atoms with Crippen molar-refractivity contribution in [1.29, 1.82) is 0 Å². The van der Waals surface area contributed by atoms with E-state index in [-0.39, 0.29) is 0 Å². The van der Waals surface area contributed by atoms with Crippen molar-refractivity contribution >= 4 is 0 Å². The molecule has 0 spiro atoms. The zero-order chi connectivity index (χ0) is 13.2. The Hall–Kier alpha value is -0.860. The Labute approximate surface area is 116 Å². The Morgan fingerprint density at radius 2 is 2.05 bits per heavy atom. The van der Waals surface area contributed by atoms with Crippen LogP contribution in [0.3, 0.4) is 0 Å². The molecule has 3 rings (SSSR count). The van der Waals surface area contributed by atoms with E-state index in [4.69, 9.17) is 4.74 Å². The largest absolute Gasteiger partial charge is 0.372 e. The van der Waals surface area contributed by atoms with Gasteiger partial charge in [0, 0.05) is 6.04 Å². The van der Waals surface area contributed by atoms with E-state index in [0.717, 1.165) is 37.6 Å². The summed E-state index contributed by atoms with van der Waals surface area (Å²) in [5.74, 6) is 1.57. The van der Waals surface area contributed by atoms with Gasteiger partial charge in [-0.05, 0) is 47.9 Å². The summed E-state index contributed by atoms with van der Waals surface area (Å²) >= 11 is 0. The molecule has 104 valence electrons. The summed E-state index contributed by atoms with van der Waals surface area (Å²) in [6.07, 6.45) is 3.81. The number of nitrogens with one attached hydrogen (secondary N) is 1. The average molecular weight is 259 g/mol. The van der Waals surface area contributed by atoms with Crippen LogP contribution in [0.5, 0.6) is 0 Å². The highest BCUT2D eigenvalue weighted by atomic mass is 16.5. The molecule has 0 bridgehead atoms. The van der Waals surface area contributed by atoms with Crippen LogP contribution in [-0.4, -0.2) is 12.6 Å². The van der Waals surface area contributed by atoms with Crippen LogP contribution in [0.1, 0.15) is 55.7 Å². The molecular weight excluding hydrogens is 234 g/mol. The number of hydrogen-bond acceptors (Lipinski definition) is 2. The highest BCUT2D eigenvalue weighted by Crippen LogP contribution is 2.45. The standard InChI is InChI=1S/C17H25NO/c1-3-7-18-17-9-16(15(17)4-2)12-5-6-13-10-19-11-14(13)8-12/h5-6,8,15-18H,3-4,7,9-11H2,1-2H3. The highest BCUT2D eigenvalue weighted by Gasteiger charge is 2.40. The molecule has 1 aromatic rings. The van der Waals surface area contributed by atoms with E-state index in [1.165, 1.54) is 36.0 Å². The summed E-state index contributed by atoms with van der Waals surface area (Å²) in [6, 6.07) is 7.74. The topological polar surface area (TPSA) is 21.3 Å². The lowest BCUT2D eigenvalue weighted by Crippen LogP contribution is -2.49. The van der Waals surface area contributed by atoms with Crippen LogP contribution in [0.15, 0.2) is 18.2 Å². The lowest BCUT2D eigenvalue weighted by Gasteiger charge is -2.45. The van der Waals surface area contributed by atoms with E-state index in [9.17, 15) is 0 Å². The normalized spacial score (nSPS) is 29.1. The van der Waals surface area contributed by atoms with E-state index in [0.29, 0.717) is 0 Å². The van der Waals surface area contributed by atoms with E-state index in [2.05, 4.69) is 37.4 Å². The quantitative estimate of drug-likeness (QED) is 0.872. The lowest BCUT2D eigenvalue weighted by molar-refractivity contribution is 0.134. The molecule has 1 saturated carbocycles. The molecule has 1 N–H and O–H groups in total. The molecule has 2 aliphatic rings. The van der Waals surface area contributed by atoms with Crippen LogP contribution in [0, 0.1) is 5.92 Å². The predicted molar refractivity (Wildman–Crippen MR) is 78.2 cm³/mol. The molecule has 2 nitrogen and oxygen atoms in total. The Bertz CT molecular complexity index is 443. The van der Waals surface area contributed by atoms with Crippen molar-refractivity contribution in [3.8, 4) is 0 Å². The number of fused-ring (bicyclic) bond motifs is 1. The van der Waals surface area contributed by atoms with Crippen molar-refractivity contribution in [2.45, 2.75) is 58.3 Å². The zero-order valence-corrected chi connectivity index (χ0v) is 12.1. The first-order valence-corrected chi connectivity index (χ1v) is 7.76. The molecule has 1 fully saturated rings. The van der Waals surface area contributed by atoms with E-state index < -0.39 is 0 Å². The number of benzene rings is 1. The molecule has 0 amide bonds. The van der Waals surface area contributed by atoms with Gasteiger partial charge >= 0.3 is 0 Å². The molecule has 2 heteroatoms. The van der Waals surface area contributed by atoms with Crippen LogP contribution >= 0.6 is 0 Å². The molecule has 0 saturated heterocycles.